The second-order valence-electron chi connectivity index (χ2n) is 3.33. The van der Waals surface area contributed by atoms with Gasteiger partial charge in [0.1, 0.15) is 0 Å². The lowest BCUT2D eigenvalue weighted by molar-refractivity contribution is -0.0357. The topological polar surface area (TPSA) is 55.5 Å². The van der Waals surface area contributed by atoms with Gasteiger partial charge in [0.25, 0.3) is 0 Å². The van der Waals surface area contributed by atoms with Crippen molar-refractivity contribution >= 4 is 0 Å². The molecule has 1 atom stereocenters. The summed E-state index contributed by atoms with van der Waals surface area (Å²) in [5.41, 5.74) is 5.40. The molecule has 3 heteroatoms. The maximum atomic E-state index is 8.55. The molecule has 0 bridgehead atoms. The molecule has 0 aromatic carbocycles. The Morgan fingerprint density at radius 1 is 1.50 bits per heavy atom. The van der Waals surface area contributed by atoms with Gasteiger partial charge < -0.3 is 15.6 Å². The maximum Gasteiger partial charge on any atom is 0.0776 e. The third-order valence-electron chi connectivity index (χ3n) is 1.96. The number of aliphatic hydroxyl groups excluding tert-OH is 1. The van der Waals surface area contributed by atoms with Crippen molar-refractivity contribution in [3.8, 4) is 0 Å². The van der Waals surface area contributed by atoms with Crippen LogP contribution in [0.5, 0.6) is 0 Å². The number of nitrogens with two attached hydrogens (primary N) is 1. The fourth-order valence-electron chi connectivity index (χ4n) is 1.15. The van der Waals surface area contributed by atoms with E-state index in [1.54, 1.807) is 0 Å². The van der Waals surface area contributed by atoms with Gasteiger partial charge in [-0.25, -0.2) is 0 Å². The molecule has 0 spiro atoms. The molecule has 0 saturated carbocycles. The van der Waals surface area contributed by atoms with E-state index in [4.69, 9.17) is 15.6 Å². The highest BCUT2D eigenvalue weighted by atomic mass is 16.5. The summed E-state index contributed by atoms with van der Waals surface area (Å²) in [6, 6.07) is 0. The summed E-state index contributed by atoms with van der Waals surface area (Å²) in [5, 5.41) is 8.55. The van der Waals surface area contributed by atoms with E-state index in [1.807, 2.05) is 6.92 Å². The first-order chi connectivity index (χ1) is 5.68. The molecule has 0 rings (SSSR count). The third-order valence-corrected chi connectivity index (χ3v) is 1.96. The Balaban J connectivity index is 3.63. The first-order valence-electron chi connectivity index (χ1n) is 4.63. The average molecular weight is 175 g/mol. The van der Waals surface area contributed by atoms with Gasteiger partial charge in [-0.1, -0.05) is 13.3 Å². The highest BCUT2D eigenvalue weighted by Gasteiger charge is 2.21. The van der Waals surface area contributed by atoms with E-state index < -0.39 is 0 Å². The van der Waals surface area contributed by atoms with Gasteiger partial charge in [-0.2, -0.15) is 0 Å². The number of hydrogen-bond donors (Lipinski definition) is 2. The smallest absolute Gasteiger partial charge is 0.0776 e. The van der Waals surface area contributed by atoms with Crippen LogP contribution in [0.3, 0.4) is 0 Å². The van der Waals surface area contributed by atoms with E-state index in [1.165, 1.54) is 0 Å². The molecule has 74 valence electrons. The number of aliphatic hydroxyl groups is 1. The molecular weight excluding hydrogens is 154 g/mol. The molecule has 0 heterocycles. The summed E-state index contributed by atoms with van der Waals surface area (Å²) in [7, 11) is 0. The zero-order valence-corrected chi connectivity index (χ0v) is 8.18. The fourth-order valence-corrected chi connectivity index (χ4v) is 1.15. The van der Waals surface area contributed by atoms with Crippen LogP contribution < -0.4 is 5.73 Å². The lowest BCUT2D eigenvalue weighted by atomic mass is 10.0. The first kappa shape index (κ1) is 11.9. The molecule has 0 fully saturated rings. The summed E-state index contributed by atoms with van der Waals surface area (Å²) in [5.74, 6) is 0. The van der Waals surface area contributed by atoms with Crippen LogP contribution in [0.4, 0.5) is 0 Å². The van der Waals surface area contributed by atoms with Gasteiger partial charge in [-0.3, -0.25) is 0 Å². The summed E-state index contributed by atoms with van der Waals surface area (Å²) in [6.07, 6.45) is 2.75. The molecule has 0 aliphatic rings. The van der Waals surface area contributed by atoms with Crippen LogP contribution in [-0.2, 0) is 4.74 Å². The van der Waals surface area contributed by atoms with Crippen molar-refractivity contribution in [2.24, 2.45) is 5.73 Å². The summed E-state index contributed by atoms with van der Waals surface area (Å²) < 4.78 is 5.57. The Morgan fingerprint density at radius 2 is 2.17 bits per heavy atom. The molecular formula is C9H21NO2. The van der Waals surface area contributed by atoms with Gasteiger partial charge >= 0.3 is 0 Å². The third kappa shape index (κ3) is 4.70. The molecule has 3 N–H and O–H groups in total. The highest BCUT2D eigenvalue weighted by molar-refractivity contribution is 4.75. The second kappa shape index (κ2) is 6.40. The molecule has 0 saturated heterocycles. The van der Waals surface area contributed by atoms with Crippen molar-refractivity contribution in [1.29, 1.82) is 0 Å². The van der Waals surface area contributed by atoms with Crippen LogP contribution in [0.15, 0.2) is 0 Å². The van der Waals surface area contributed by atoms with Gasteiger partial charge in [-0.15, -0.1) is 0 Å². The highest BCUT2D eigenvalue weighted by Crippen LogP contribution is 2.15. The summed E-state index contributed by atoms with van der Waals surface area (Å²) >= 11 is 0. The van der Waals surface area contributed by atoms with Gasteiger partial charge in [0.05, 0.1) is 5.60 Å². The quantitative estimate of drug-likeness (QED) is 0.565. The SMILES string of the molecule is CCCC(C)(CN)OCCCO. The Morgan fingerprint density at radius 3 is 2.58 bits per heavy atom. The van der Waals surface area contributed by atoms with E-state index in [2.05, 4.69) is 6.92 Å². The normalized spacial score (nSPS) is 16.0. The predicted molar refractivity (Wildman–Crippen MR) is 50.0 cm³/mol. The lowest BCUT2D eigenvalue weighted by Gasteiger charge is -2.27. The van der Waals surface area contributed by atoms with Gasteiger partial charge in [-0.05, 0) is 19.8 Å². The average Bonchev–Trinajstić information content (AvgIpc) is 2.06. The molecule has 0 aromatic heterocycles. The van der Waals surface area contributed by atoms with Crippen molar-refractivity contribution < 1.29 is 9.84 Å². The minimum atomic E-state index is -0.191. The van der Waals surface area contributed by atoms with Crippen LogP contribution in [0.25, 0.3) is 0 Å². The van der Waals surface area contributed by atoms with Gasteiger partial charge in [0, 0.05) is 19.8 Å². The Hall–Kier alpha value is -0.120. The van der Waals surface area contributed by atoms with E-state index in [9.17, 15) is 0 Å². The van der Waals surface area contributed by atoms with E-state index in [0.29, 0.717) is 19.6 Å². The van der Waals surface area contributed by atoms with Crippen molar-refractivity contribution in [3.63, 3.8) is 0 Å². The monoisotopic (exact) mass is 175 g/mol. The summed E-state index contributed by atoms with van der Waals surface area (Å²) in [6.45, 7) is 5.47. The van der Waals surface area contributed by atoms with Crippen molar-refractivity contribution in [2.75, 3.05) is 19.8 Å². The molecule has 0 radical (unpaired) electrons. The van der Waals surface area contributed by atoms with E-state index >= 15 is 0 Å². The van der Waals surface area contributed by atoms with Crippen LogP contribution >= 0.6 is 0 Å². The minimum absolute atomic E-state index is 0.187. The molecule has 0 aliphatic heterocycles. The number of ether oxygens (including phenoxy) is 1. The Bertz CT molecular complexity index is 109. The standard InChI is InChI=1S/C9H21NO2/c1-3-5-9(2,8-10)12-7-4-6-11/h11H,3-8,10H2,1-2H3. The molecule has 1 unspecified atom stereocenters. The Kier molecular flexibility index (Phi) is 6.34. The maximum absolute atomic E-state index is 8.55. The lowest BCUT2D eigenvalue weighted by Crippen LogP contribution is -2.37. The van der Waals surface area contributed by atoms with E-state index in [-0.39, 0.29) is 12.2 Å². The van der Waals surface area contributed by atoms with Crippen LogP contribution in [-0.4, -0.2) is 30.5 Å². The second-order valence-corrected chi connectivity index (χ2v) is 3.33. The number of hydrogen-bond acceptors (Lipinski definition) is 3. The minimum Gasteiger partial charge on any atom is -0.396 e. The van der Waals surface area contributed by atoms with Crippen molar-refractivity contribution in [1.82, 2.24) is 0 Å². The van der Waals surface area contributed by atoms with Crippen molar-refractivity contribution in [2.45, 2.75) is 38.7 Å². The van der Waals surface area contributed by atoms with E-state index in [0.717, 1.165) is 12.8 Å². The molecule has 0 aliphatic carbocycles. The molecule has 0 aromatic rings. The zero-order chi connectivity index (χ0) is 9.45. The molecule has 3 nitrogen and oxygen atoms in total. The fraction of sp³-hybridized carbons (Fsp3) is 1.00. The Labute approximate surface area is 74.9 Å². The summed E-state index contributed by atoms with van der Waals surface area (Å²) in [4.78, 5) is 0. The van der Waals surface area contributed by atoms with Gasteiger partial charge in [0.15, 0.2) is 0 Å². The first-order valence-corrected chi connectivity index (χ1v) is 4.63. The van der Waals surface area contributed by atoms with Crippen LogP contribution in [0, 0.1) is 0 Å². The molecule has 12 heavy (non-hydrogen) atoms. The predicted octanol–water partition coefficient (Wildman–Crippen LogP) is 0.903. The van der Waals surface area contributed by atoms with Crippen LogP contribution in [0.1, 0.15) is 33.1 Å². The number of rotatable bonds is 7. The van der Waals surface area contributed by atoms with Crippen molar-refractivity contribution in [3.05, 3.63) is 0 Å². The van der Waals surface area contributed by atoms with Crippen LogP contribution in [0.2, 0.25) is 0 Å². The largest absolute Gasteiger partial charge is 0.396 e. The molecule has 0 amide bonds. The van der Waals surface area contributed by atoms with Gasteiger partial charge in [0.2, 0.25) is 0 Å². The zero-order valence-electron chi connectivity index (χ0n) is 8.18.